The minimum Gasteiger partial charge on any atom is -0.493 e. The molecule has 0 aliphatic rings. The zero-order valence-corrected chi connectivity index (χ0v) is 16.2. The molecule has 0 atom stereocenters. The number of methoxy groups -OCH3 is 2. The summed E-state index contributed by atoms with van der Waals surface area (Å²) in [5, 5.41) is 1.85. The fraction of sp³-hybridized carbons (Fsp3) is 0.333. The van der Waals surface area contributed by atoms with Crippen molar-refractivity contribution in [3.8, 4) is 22.8 Å². The summed E-state index contributed by atoms with van der Waals surface area (Å²) in [5.41, 5.74) is 11.1. The molecule has 1 aromatic heterocycles. The molecule has 138 valence electrons. The number of H-pyrrole nitrogens is 1. The minimum atomic E-state index is 0.687. The smallest absolute Gasteiger partial charge is 0.170 e. The summed E-state index contributed by atoms with van der Waals surface area (Å²) in [4.78, 5) is 3.59. The summed E-state index contributed by atoms with van der Waals surface area (Å²) in [6.07, 6.45) is 2.88. The molecule has 0 aliphatic carbocycles. The van der Waals surface area contributed by atoms with Gasteiger partial charge in [0.05, 0.1) is 30.5 Å². The van der Waals surface area contributed by atoms with Gasteiger partial charge in [-0.05, 0) is 62.1 Å². The number of nitrogens with two attached hydrogens (primary N) is 1. The van der Waals surface area contributed by atoms with Gasteiger partial charge in [0, 0.05) is 10.9 Å². The van der Waals surface area contributed by atoms with Crippen molar-refractivity contribution in [1.82, 2.24) is 4.98 Å². The number of aromatic amines is 1. The summed E-state index contributed by atoms with van der Waals surface area (Å²) in [6.45, 7) is 2.78. The van der Waals surface area contributed by atoms with Gasteiger partial charge in [-0.15, -0.1) is 0 Å². The van der Waals surface area contributed by atoms with Gasteiger partial charge in [0.15, 0.2) is 11.5 Å². The van der Waals surface area contributed by atoms with Crippen molar-refractivity contribution in [3.05, 3.63) is 46.5 Å². The number of hydrogen-bond donors (Lipinski definition) is 2. The second kappa shape index (κ2) is 8.02. The first-order valence-electron chi connectivity index (χ1n) is 8.83. The van der Waals surface area contributed by atoms with Crippen LogP contribution in [0.5, 0.6) is 11.5 Å². The number of halogens is 1. The largest absolute Gasteiger partial charge is 0.493 e. The molecule has 0 saturated carbocycles. The molecule has 3 N–H and O–H groups in total. The third kappa shape index (κ3) is 3.27. The summed E-state index contributed by atoms with van der Waals surface area (Å²) in [6, 6.07) is 9.92. The van der Waals surface area contributed by atoms with E-state index in [2.05, 4.69) is 11.9 Å². The Morgan fingerprint density at radius 1 is 1.08 bits per heavy atom. The highest BCUT2D eigenvalue weighted by Gasteiger charge is 2.20. The number of hydrogen-bond acceptors (Lipinski definition) is 3. The van der Waals surface area contributed by atoms with Gasteiger partial charge in [-0.3, -0.25) is 0 Å². The Kier molecular flexibility index (Phi) is 5.74. The minimum absolute atomic E-state index is 0.687. The van der Waals surface area contributed by atoms with Gasteiger partial charge in [-0.1, -0.05) is 23.7 Å². The van der Waals surface area contributed by atoms with Gasteiger partial charge in [0.25, 0.3) is 0 Å². The van der Waals surface area contributed by atoms with Crippen LogP contribution in [0.2, 0.25) is 5.02 Å². The van der Waals surface area contributed by atoms with Crippen molar-refractivity contribution < 1.29 is 9.47 Å². The standard InChI is InChI=1S/C21H25ClN2O2/c1-13-10-11-16(22)18-14(7-4-5-12-23)20(24-19(13)18)15-8-6-9-17(25-2)21(15)26-3/h6,8-11,24H,4-5,7,12,23H2,1-3H3. The van der Waals surface area contributed by atoms with Crippen LogP contribution in [-0.4, -0.2) is 25.7 Å². The molecule has 4 nitrogen and oxygen atoms in total. The predicted molar refractivity (Wildman–Crippen MR) is 109 cm³/mol. The summed E-state index contributed by atoms with van der Waals surface area (Å²) < 4.78 is 11.1. The molecule has 3 aromatic rings. The molecular weight excluding hydrogens is 348 g/mol. The third-order valence-electron chi connectivity index (χ3n) is 4.77. The molecule has 0 spiro atoms. The van der Waals surface area contributed by atoms with E-state index >= 15 is 0 Å². The lowest BCUT2D eigenvalue weighted by molar-refractivity contribution is 0.356. The van der Waals surface area contributed by atoms with Crippen LogP contribution in [0.25, 0.3) is 22.2 Å². The lowest BCUT2D eigenvalue weighted by atomic mass is 9.99. The Morgan fingerprint density at radius 2 is 1.88 bits per heavy atom. The number of para-hydroxylation sites is 1. The van der Waals surface area contributed by atoms with E-state index < -0.39 is 0 Å². The van der Waals surface area contributed by atoms with Gasteiger partial charge < -0.3 is 20.2 Å². The fourth-order valence-corrected chi connectivity index (χ4v) is 3.74. The van der Waals surface area contributed by atoms with Crippen molar-refractivity contribution in [1.29, 1.82) is 0 Å². The van der Waals surface area contributed by atoms with E-state index in [0.29, 0.717) is 12.3 Å². The molecule has 3 rings (SSSR count). The Bertz CT molecular complexity index is 918. The lowest BCUT2D eigenvalue weighted by Crippen LogP contribution is -2.00. The first-order chi connectivity index (χ1) is 12.6. The van der Waals surface area contributed by atoms with Gasteiger partial charge in [0.2, 0.25) is 0 Å². The SMILES string of the molecule is COc1cccc(-c2[nH]c3c(C)ccc(Cl)c3c2CCCCN)c1OC. The Balaban J connectivity index is 2.27. The number of aromatic nitrogens is 1. The molecule has 0 saturated heterocycles. The van der Waals surface area contributed by atoms with Crippen LogP contribution in [0, 0.1) is 6.92 Å². The molecule has 0 amide bonds. The van der Waals surface area contributed by atoms with Gasteiger partial charge in [-0.25, -0.2) is 0 Å². The number of nitrogens with one attached hydrogen (secondary N) is 1. The topological polar surface area (TPSA) is 60.3 Å². The fourth-order valence-electron chi connectivity index (χ4n) is 3.47. The van der Waals surface area contributed by atoms with E-state index in [0.717, 1.165) is 57.8 Å². The Morgan fingerprint density at radius 3 is 2.58 bits per heavy atom. The van der Waals surface area contributed by atoms with Crippen molar-refractivity contribution in [2.75, 3.05) is 20.8 Å². The maximum absolute atomic E-state index is 6.58. The van der Waals surface area contributed by atoms with Crippen LogP contribution in [0.1, 0.15) is 24.0 Å². The van der Waals surface area contributed by atoms with E-state index in [9.17, 15) is 0 Å². The number of ether oxygens (including phenoxy) is 2. The summed E-state index contributed by atoms with van der Waals surface area (Å²) >= 11 is 6.58. The molecular formula is C21H25ClN2O2. The first-order valence-corrected chi connectivity index (χ1v) is 9.21. The number of benzene rings is 2. The summed E-state index contributed by atoms with van der Waals surface area (Å²) in [5.74, 6) is 1.43. The average molecular weight is 373 g/mol. The average Bonchev–Trinajstić information content (AvgIpc) is 3.05. The normalized spacial score (nSPS) is 11.1. The van der Waals surface area contributed by atoms with Gasteiger partial charge in [0.1, 0.15) is 0 Å². The molecule has 26 heavy (non-hydrogen) atoms. The second-order valence-electron chi connectivity index (χ2n) is 6.38. The van der Waals surface area contributed by atoms with Crippen LogP contribution in [0.3, 0.4) is 0 Å². The number of aryl methyl sites for hydroxylation is 2. The summed E-state index contributed by atoms with van der Waals surface area (Å²) in [7, 11) is 3.31. The monoisotopic (exact) mass is 372 g/mol. The van der Waals surface area contributed by atoms with E-state index in [1.807, 2.05) is 30.3 Å². The number of rotatable bonds is 7. The zero-order chi connectivity index (χ0) is 18.7. The predicted octanol–water partition coefficient (Wildman–Crippen LogP) is 5.10. The zero-order valence-electron chi connectivity index (χ0n) is 15.5. The maximum Gasteiger partial charge on any atom is 0.170 e. The van der Waals surface area contributed by atoms with Crippen LogP contribution >= 0.6 is 11.6 Å². The molecule has 0 bridgehead atoms. The van der Waals surface area contributed by atoms with Crippen molar-refractivity contribution in [3.63, 3.8) is 0 Å². The van der Waals surface area contributed by atoms with Crippen LogP contribution in [-0.2, 0) is 6.42 Å². The molecule has 5 heteroatoms. The van der Waals surface area contributed by atoms with Gasteiger partial charge >= 0.3 is 0 Å². The third-order valence-corrected chi connectivity index (χ3v) is 5.08. The second-order valence-corrected chi connectivity index (χ2v) is 6.79. The van der Waals surface area contributed by atoms with E-state index in [4.69, 9.17) is 26.8 Å². The number of unbranched alkanes of at least 4 members (excludes halogenated alkanes) is 1. The van der Waals surface area contributed by atoms with Crippen LogP contribution in [0.15, 0.2) is 30.3 Å². The first kappa shape index (κ1) is 18.6. The van der Waals surface area contributed by atoms with Crippen LogP contribution in [0.4, 0.5) is 0 Å². The van der Waals surface area contributed by atoms with Crippen molar-refractivity contribution in [2.24, 2.45) is 5.73 Å². The number of fused-ring (bicyclic) bond motifs is 1. The van der Waals surface area contributed by atoms with E-state index in [1.54, 1.807) is 14.2 Å². The van der Waals surface area contributed by atoms with Crippen molar-refractivity contribution in [2.45, 2.75) is 26.2 Å². The van der Waals surface area contributed by atoms with Crippen LogP contribution < -0.4 is 15.2 Å². The molecule has 1 heterocycles. The molecule has 0 aliphatic heterocycles. The Labute approximate surface area is 159 Å². The quantitative estimate of drug-likeness (QED) is 0.567. The highest BCUT2D eigenvalue weighted by molar-refractivity contribution is 6.36. The Hall–Kier alpha value is -2.17. The highest BCUT2D eigenvalue weighted by atomic mass is 35.5. The van der Waals surface area contributed by atoms with E-state index in [-0.39, 0.29) is 0 Å². The van der Waals surface area contributed by atoms with Gasteiger partial charge in [-0.2, -0.15) is 0 Å². The maximum atomic E-state index is 6.58. The highest BCUT2D eigenvalue weighted by Crippen LogP contribution is 2.43. The molecule has 0 fully saturated rings. The lowest BCUT2D eigenvalue weighted by Gasteiger charge is -2.13. The molecule has 0 radical (unpaired) electrons. The molecule has 0 unspecified atom stereocenters. The van der Waals surface area contributed by atoms with Crippen molar-refractivity contribution >= 4 is 22.5 Å². The molecule has 2 aromatic carbocycles. The van der Waals surface area contributed by atoms with E-state index in [1.165, 1.54) is 5.56 Å².